The van der Waals surface area contributed by atoms with Gasteiger partial charge < -0.3 is 5.11 Å². The largest absolute Gasteiger partial charge is 0.385 e. The van der Waals surface area contributed by atoms with Crippen molar-refractivity contribution in [3.8, 4) is 0 Å². The average Bonchev–Trinajstić information content (AvgIpc) is 2.29. The van der Waals surface area contributed by atoms with Crippen molar-refractivity contribution in [1.29, 1.82) is 0 Å². The topological polar surface area (TPSA) is 20.2 Å². The minimum absolute atomic E-state index is 0.522. The number of hydrogen-bond acceptors (Lipinski definition) is 1. The summed E-state index contributed by atoms with van der Waals surface area (Å²) in [6.07, 6.45) is 14.8. The molecule has 1 N–H and O–H groups in total. The van der Waals surface area contributed by atoms with Crippen molar-refractivity contribution in [1.82, 2.24) is 0 Å². The van der Waals surface area contributed by atoms with Crippen LogP contribution in [0.4, 0.5) is 0 Å². The van der Waals surface area contributed by atoms with Crippen molar-refractivity contribution in [2.75, 3.05) is 0 Å². The summed E-state index contributed by atoms with van der Waals surface area (Å²) in [6.45, 7) is 2.21. The first-order valence-corrected chi connectivity index (χ1v) is 6.86. The van der Waals surface area contributed by atoms with Gasteiger partial charge >= 0.3 is 0 Å². The summed E-state index contributed by atoms with van der Waals surface area (Å²) in [6, 6.07) is 0. The molecule has 0 saturated heterocycles. The predicted molar refractivity (Wildman–Crippen MR) is 68.3 cm³/mol. The third-order valence-corrected chi connectivity index (χ3v) is 3.96. The Morgan fingerprint density at radius 1 is 1.25 bits per heavy atom. The summed E-state index contributed by atoms with van der Waals surface area (Å²) in [5.41, 5.74) is 2.53. The van der Waals surface area contributed by atoms with Gasteiger partial charge in [0.05, 0.1) is 5.60 Å². The Hall–Kier alpha value is -0.560. The van der Waals surface area contributed by atoms with Crippen LogP contribution in [0.2, 0.25) is 0 Å². The van der Waals surface area contributed by atoms with Crippen molar-refractivity contribution in [3.05, 3.63) is 23.3 Å². The molecule has 0 aliphatic heterocycles. The molecule has 1 atom stereocenters. The number of unbranched alkanes of at least 4 members (excludes halogenated alkanes) is 2. The molecule has 16 heavy (non-hydrogen) atoms. The maximum atomic E-state index is 10.5. The molecule has 0 fully saturated rings. The zero-order chi connectivity index (χ0) is 11.4. The van der Waals surface area contributed by atoms with E-state index >= 15 is 0 Å². The highest BCUT2D eigenvalue weighted by atomic mass is 16.3. The molecule has 0 aromatic heterocycles. The second-order valence-electron chi connectivity index (χ2n) is 5.41. The molecule has 2 rings (SSSR count). The van der Waals surface area contributed by atoms with Gasteiger partial charge in [0, 0.05) is 6.42 Å². The lowest BCUT2D eigenvalue weighted by Crippen LogP contribution is -2.29. The van der Waals surface area contributed by atoms with Crippen molar-refractivity contribution in [3.63, 3.8) is 0 Å². The van der Waals surface area contributed by atoms with Crippen molar-refractivity contribution in [2.24, 2.45) is 0 Å². The maximum Gasteiger partial charge on any atom is 0.0867 e. The normalized spacial score (nSPS) is 29.4. The van der Waals surface area contributed by atoms with Gasteiger partial charge in [-0.25, -0.2) is 0 Å². The number of allylic oxidation sites excluding steroid dienone is 2. The van der Waals surface area contributed by atoms with Crippen LogP contribution in [0.5, 0.6) is 0 Å². The minimum Gasteiger partial charge on any atom is -0.385 e. The van der Waals surface area contributed by atoms with Gasteiger partial charge in [-0.15, -0.1) is 0 Å². The summed E-state index contributed by atoms with van der Waals surface area (Å²) in [5, 5.41) is 10.5. The van der Waals surface area contributed by atoms with E-state index in [0.29, 0.717) is 0 Å². The molecule has 0 radical (unpaired) electrons. The Kier molecular flexibility index (Phi) is 3.86. The summed E-state index contributed by atoms with van der Waals surface area (Å²) in [7, 11) is 0. The fourth-order valence-electron chi connectivity index (χ4n) is 2.93. The second kappa shape index (κ2) is 5.18. The zero-order valence-electron chi connectivity index (χ0n) is 10.5. The first kappa shape index (κ1) is 11.9. The fraction of sp³-hybridized carbons (Fsp3) is 0.733. The molecule has 1 nitrogen and oxygen atoms in total. The van der Waals surface area contributed by atoms with Crippen LogP contribution in [0.25, 0.3) is 0 Å². The Bertz CT molecular complexity index is 301. The summed E-state index contributed by atoms with van der Waals surface area (Å²) >= 11 is 0. The quantitative estimate of drug-likeness (QED) is 0.706. The molecule has 1 unspecified atom stereocenters. The van der Waals surface area contributed by atoms with E-state index in [1.165, 1.54) is 49.7 Å². The van der Waals surface area contributed by atoms with E-state index in [9.17, 15) is 5.11 Å². The standard InChI is InChI=1S/C15H24O/c1-2-3-6-10-15(16)11-9-13-7-4-5-8-14(13)12-15/h9,11,16H,2-8,10,12H2,1H3. The van der Waals surface area contributed by atoms with Crippen LogP contribution in [0, 0.1) is 0 Å². The lowest BCUT2D eigenvalue weighted by Gasteiger charge is -2.32. The van der Waals surface area contributed by atoms with Crippen LogP contribution in [-0.2, 0) is 0 Å². The molecule has 2 aliphatic carbocycles. The Morgan fingerprint density at radius 3 is 2.88 bits per heavy atom. The molecule has 0 heterocycles. The number of aliphatic hydroxyl groups is 1. The highest BCUT2D eigenvalue weighted by Crippen LogP contribution is 2.37. The third-order valence-electron chi connectivity index (χ3n) is 3.96. The molecule has 0 bridgehead atoms. The van der Waals surface area contributed by atoms with Crippen molar-refractivity contribution >= 4 is 0 Å². The molecule has 0 saturated carbocycles. The van der Waals surface area contributed by atoms with Gasteiger partial charge in [-0.1, -0.05) is 43.9 Å². The van der Waals surface area contributed by atoms with Crippen molar-refractivity contribution < 1.29 is 5.11 Å². The Labute approximate surface area is 99.3 Å². The first-order chi connectivity index (χ1) is 7.73. The van der Waals surface area contributed by atoms with Crippen LogP contribution < -0.4 is 0 Å². The molecule has 1 heteroatoms. The fourth-order valence-corrected chi connectivity index (χ4v) is 2.93. The monoisotopic (exact) mass is 220 g/mol. The SMILES string of the molecule is CCCCCC1(O)C=CC2=C(CCCC2)C1. The molecule has 2 aliphatic rings. The minimum atomic E-state index is -0.522. The molecule has 0 amide bonds. The van der Waals surface area contributed by atoms with Crippen LogP contribution in [-0.4, -0.2) is 10.7 Å². The van der Waals surface area contributed by atoms with Gasteiger partial charge in [0.25, 0.3) is 0 Å². The van der Waals surface area contributed by atoms with E-state index in [1.807, 2.05) is 0 Å². The Morgan fingerprint density at radius 2 is 2.06 bits per heavy atom. The van der Waals surface area contributed by atoms with Crippen molar-refractivity contribution in [2.45, 2.75) is 70.3 Å². The zero-order valence-corrected chi connectivity index (χ0v) is 10.5. The summed E-state index contributed by atoms with van der Waals surface area (Å²) < 4.78 is 0. The van der Waals surface area contributed by atoms with Gasteiger partial charge in [-0.3, -0.25) is 0 Å². The summed E-state index contributed by atoms with van der Waals surface area (Å²) in [5.74, 6) is 0. The van der Waals surface area contributed by atoms with Gasteiger partial charge in [0.15, 0.2) is 0 Å². The lowest BCUT2D eigenvalue weighted by molar-refractivity contribution is 0.0754. The molecule has 0 spiro atoms. The van der Waals surface area contributed by atoms with Crippen LogP contribution in [0.1, 0.15) is 64.7 Å². The molecular weight excluding hydrogens is 196 g/mol. The second-order valence-corrected chi connectivity index (χ2v) is 5.41. The number of hydrogen-bond donors (Lipinski definition) is 1. The van der Waals surface area contributed by atoms with Gasteiger partial charge in [-0.05, 0) is 37.7 Å². The predicted octanol–water partition coefficient (Wildman–Crippen LogP) is 4.13. The maximum absolute atomic E-state index is 10.5. The highest BCUT2D eigenvalue weighted by molar-refractivity contribution is 5.35. The summed E-state index contributed by atoms with van der Waals surface area (Å²) in [4.78, 5) is 0. The van der Waals surface area contributed by atoms with Crippen LogP contribution >= 0.6 is 0 Å². The van der Waals surface area contributed by atoms with Crippen LogP contribution in [0.15, 0.2) is 23.3 Å². The van der Waals surface area contributed by atoms with Gasteiger partial charge in [0.2, 0.25) is 0 Å². The lowest BCUT2D eigenvalue weighted by atomic mass is 9.77. The van der Waals surface area contributed by atoms with Crippen LogP contribution in [0.3, 0.4) is 0 Å². The smallest absolute Gasteiger partial charge is 0.0867 e. The van der Waals surface area contributed by atoms with E-state index < -0.39 is 5.60 Å². The molecule has 0 aromatic carbocycles. The third kappa shape index (κ3) is 2.76. The van der Waals surface area contributed by atoms with Gasteiger partial charge in [-0.2, -0.15) is 0 Å². The van der Waals surface area contributed by atoms with E-state index in [1.54, 1.807) is 0 Å². The molecular formula is C15H24O. The molecule has 0 aromatic rings. The highest BCUT2D eigenvalue weighted by Gasteiger charge is 2.29. The van der Waals surface area contributed by atoms with E-state index in [4.69, 9.17) is 0 Å². The first-order valence-electron chi connectivity index (χ1n) is 6.86. The number of rotatable bonds is 4. The van der Waals surface area contributed by atoms with E-state index in [2.05, 4.69) is 19.1 Å². The van der Waals surface area contributed by atoms with Gasteiger partial charge in [0.1, 0.15) is 0 Å². The van der Waals surface area contributed by atoms with E-state index in [0.717, 1.165) is 19.3 Å². The average molecular weight is 220 g/mol. The molecule has 90 valence electrons. The van der Waals surface area contributed by atoms with E-state index in [-0.39, 0.29) is 0 Å². The Balaban J connectivity index is 1.95.